The minimum Gasteiger partial charge on any atom is -0.383 e. The summed E-state index contributed by atoms with van der Waals surface area (Å²) in [6.45, 7) is 1.37. The molecule has 0 saturated carbocycles. The monoisotopic (exact) mass is 336 g/mol. The molecule has 0 aliphatic carbocycles. The standard InChI is InChI=1S/C16H17ClN2O2S/c1-21-10-11-5-4-8-19(11)16(20)14-9-18-15(22-14)12-6-2-3-7-13(12)17/h2-3,6-7,9,11H,4-5,8,10H2,1H3/t11-/m0/s1. The van der Waals surface area contributed by atoms with Crippen LogP contribution >= 0.6 is 22.9 Å². The Kier molecular flexibility index (Phi) is 4.76. The molecule has 0 spiro atoms. The molecular weight excluding hydrogens is 320 g/mol. The first-order chi connectivity index (χ1) is 10.7. The van der Waals surface area contributed by atoms with Crippen LogP contribution in [0, 0.1) is 0 Å². The zero-order valence-corrected chi connectivity index (χ0v) is 13.9. The molecule has 0 N–H and O–H groups in total. The Bertz CT molecular complexity index is 674. The first-order valence-corrected chi connectivity index (χ1v) is 8.41. The second kappa shape index (κ2) is 6.77. The van der Waals surface area contributed by atoms with Gasteiger partial charge >= 0.3 is 0 Å². The van der Waals surface area contributed by atoms with Crippen molar-refractivity contribution in [3.05, 3.63) is 40.4 Å². The van der Waals surface area contributed by atoms with E-state index in [1.165, 1.54) is 11.3 Å². The molecule has 1 fully saturated rings. The van der Waals surface area contributed by atoms with E-state index in [1.807, 2.05) is 29.2 Å². The molecule has 1 atom stereocenters. The van der Waals surface area contributed by atoms with E-state index in [4.69, 9.17) is 16.3 Å². The molecule has 1 amide bonds. The zero-order valence-electron chi connectivity index (χ0n) is 12.3. The van der Waals surface area contributed by atoms with Crippen molar-refractivity contribution >= 4 is 28.8 Å². The minimum absolute atomic E-state index is 0.0374. The van der Waals surface area contributed by atoms with E-state index in [0.717, 1.165) is 30.0 Å². The van der Waals surface area contributed by atoms with Gasteiger partial charge in [-0.05, 0) is 18.9 Å². The van der Waals surface area contributed by atoms with E-state index >= 15 is 0 Å². The highest BCUT2D eigenvalue weighted by Crippen LogP contribution is 2.32. The molecule has 116 valence electrons. The average Bonchev–Trinajstić information content (AvgIpc) is 3.17. The second-order valence-electron chi connectivity index (χ2n) is 5.26. The average molecular weight is 337 g/mol. The number of methoxy groups -OCH3 is 1. The number of carbonyl (C=O) groups excluding carboxylic acids is 1. The Labute approximate surface area is 138 Å². The lowest BCUT2D eigenvalue weighted by Gasteiger charge is -2.23. The van der Waals surface area contributed by atoms with Crippen LogP contribution < -0.4 is 0 Å². The molecule has 1 saturated heterocycles. The molecule has 2 aromatic rings. The quantitative estimate of drug-likeness (QED) is 0.854. The lowest BCUT2D eigenvalue weighted by atomic mass is 10.2. The van der Waals surface area contributed by atoms with Crippen LogP contribution in [0.1, 0.15) is 22.5 Å². The highest BCUT2D eigenvalue weighted by molar-refractivity contribution is 7.17. The number of halogens is 1. The summed E-state index contributed by atoms with van der Waals surface area (Å²) < 4.78 is 5.21. The van der Waals surface area contributed by atoms with Crippen LogP contribution in [-0.4, -0.2) is 42.1 Å². The Morgan fingerprint density at radius 2 is 2.32 bits per heavy atom. The third kappa shape index (κ3) is 3.02. The van der Waals surface area contributed by atoms with Crippen molar-refractivity contribution in [1.82, 2.24) is 9.88 Å². The maximum atomic E-state index is 12.7. The molecule has 0 radical (unpaired) electrons. The van der Waals surface area contributed by atoms with Gasteiger partial charge in [-0.25, -0.2) is 4.98 Å². The minimum atomic E-state index is 0.0374. The molecule has 2 heterocycles. The van der Waals surface area contributed by atoms with Gasteiger partial charge in [0.1, 0.15) is 9.88 Å². The van der Waals surface area contributed by atoms with E-state index < -0.39 is 0 Å². The first kappa shape index (κ1) is 15.5. The third-order valence-corrected chi connectivity index (χ3v) is 5.17. The Morgan fingerprint density at radius 1 is 1.50 bits per heavy atom. The molecule has 0 bridgehead atoms. The van der Waals surface area contributed by atoms with Crippen LogP contribution in [0.3, 0.4) is 0 Å². The van der Waals surface area contributed by atoms with Crippen molar-refractivity contribution < 1.29 is 9.53 Å². The molecule has 1 aliphatic heterocycles. The summed E-state index contributed by atoms with van der Waals surface area (Å²) >= 11 is 7.58. The summed E-state index contributed by atoms with van der Waals surface area (Å²) in [4.78, 5) is 19.6. The lowest BCUT2D eigenvalue weighted by Crippen LogP contribution is -2.37. The van der Waals surface area contributed by atoms with Crippen molar-refractivity contribution in [2.24, 2.45) is 0 Å². The van der Waals surface area contributed by atoms with Gasteiger partial charge in [0.05, 0.1) is 23.9 Å². The van der Waals surface area contributed by atoms with Gasteiger partial charge in [0, 0.05) is 19.2 Å². The number of aromatic nitrogens is 1. The summed E-state index contributed by atoms with van der Waals surface area (Å²) in [5.41, 5.74) is 0.864. The summed E-state index contributed by atoms with van der Waals surface area (Å²) in [7, 11) is 1.67. The van der Waals surface area contributed by atoms with E-state index in [0.29, 0.717) is 16.5 Å². The highest BCUT2D eigenvalue weighted by Gasteiger charge is 2.30. The van der Waals surface area contributed by atoms with Crippen molar-refractivity contribution in [3.8, 4) is 10.6 Å². The largest absolute Gasteiger partial charge is 0.383 e. The molecule has 22 heavy (non-hydrogen) atoms. The number of ether oxygens (including phenoxy) is 1. The fourth-order valence-electron chi connectivity index (χ4n) is 2.74. The Hall–Kier alpha value is -1.43. The maximum Gasteiger partial charge on any atom is 0.265 e. The van der Waals surface area contributed by atoms with Crippen LogP contribution in [0.2, 0.25) is 5.02 Å². The summed E-state index contributed by atoms with van der Waals surface area (Å²) in [6, 6.07) is 7.71. The maximum absolute atomic E-state index is 12.7. The van der Waals surface area contributed by atoms with Gasteiger partial charge in [-0.3, -0.25) is 4.79 Å². The molecule has 6 heteroatoms. The van der Waals surface area contributed by atoms with Crippen LogP contribution in [0.5, 0.6) is 0 Å². The van der Waals surface area contributed by atoms with E-state index in [1.54, 1.807) is 13.3 Å². The number of rotatable bonds is 4. The smallest absolute Gasteiger partial charge is 0.265 e. The van der Waals surface area contributed by atoms with Gasteiger partial charge in [0.15, 0.2) is 0 Å². The van der Waals surface area contributed by atoms with Crippen molar-refractivity contribution in [1.29, 1.82) is 0 Å². The highest BCUT2D eigenvalue weighted by atomic mass is 35.5. The van der Waals surface area contributed by atoms with Crippen LogP contribution in [0.15, 0.2) is 30.5 Å². The summed E-state index contributed by atoms with van der Waals surface area (Å²) in [5, 5.41) is 1.42. The zero-order chi connectivity index (χ0) is 15.5. The molecule has 1 aliphatic rings. The second-order valence-corrected chi connectivity index (χ2v) is 6.70. The van der Waals surface area contributed by atoms with E-state index in [-0.39, 0.29) is 11.9 Å². The summed E-state index contributed by atoms with van der Waals surface area (Å²) in [6.07, 6.45) is 3.67. The van der Waals surface area contributed by atoms with E-state index in [9.17, 15) is 4.79 Å². The van der Waals surface area contributed by atoms with Gasteiger partial charge in [-0.1, -0.05) is 29.8 Å². The normalized spacial score (nSPS) is 17.9. The SMILES string of the molecule is COC[C@@H]1CCCN1C(=O)c1cnc(-c2ccccc2Cl)s1. The number of thiazole rings is 1. The number of hydrogen-bond donors (Lipinski definition) is 0. The molecule has 1 aromatic heterocycles. The van der Waals surface area contributed by atoms with Gasteiger partial charge in [-0.15, -0.1) is 11.3 Å². The number of hydrogen-bond acceptors (Lipinski definition) is 4. The van der Waals surface area contributed by atoms with Gasteiger partial charge in [-0.2, -0.15) is 0 Å². The number of amides is 1. The number of nitrogens with zero attached hydrogens (tertiary/aromatic N) is 2. The van der Waals surface area contributed by atoms with Crippen LogP contribution in [0.25, 0.3) is 10.6 Å². The predicted molar refractivity (Wildman–Crippen MR) is 88.5 cm³/mol. The number of benzene rings is 1. The van der Waals surface area contributed by atoms with Crippen molar-refractivity contribution in [2.45, 2.75) is 18.9 Å². The molecule has 1 aromatic carbocycles. The van der Waals surface area contributed by atoms with Gasteiger partial charge in [0.25, 0.3) is 5.91 Å². The third-order valence-electron chi connectivity index (χ3n) is 3.82. The topological polar surface area (TPSA) is 42.4 Å². The Balaban J connectivity index is 1.82. The first-order valence-electron chi connectivity index (χ1n) is 7.21. The van der Waals surface area contributed by atoms with Crippen LogP contribution in [0.4, 0.5) is 0 Å². The fraction of sp³-hybridized carbons (Fsp3) is 0.375. The molecule has 0 unspecified atom stereocenters. The summed E-state index contributed by atoms with van der Waals surface area (Å²) in [5.74, 6) is 0.0374. The number of likely N-dealkylation sites (tertiary alicyclic amines) is 1. The van der Waals surface area contributed by atoms with Crippen molar-refractivity contribution in [3.63, 3.8) is 0 Å². The van der Waals surface area contributed by atoms with Gasteiger partial charge in [0.2, 0.25) is 0 Å². The molecular formula is C16H17ClN2O2S. The lowest BCUT2D eigenvalue weighted by molar-refractivity contribution is 0.0635. The molecule has 3 rings (SSSR count). The predicted octanol–water partition coefficient (Wildman–Crippen LogP) is 3.71. The van der Waals surface area contributed by atoms with Crippen LogP contribution in [-0.2, 0) is 4.74 Å². The van der Waals surface area contributed by atoms with E-state index in [2.05, 4.69) is 4.98 Å². The Morgan fingerprint density at radius 3 is 3.09 bits per heavy atom. The number of carbonyl (C=O) groups is 1. The van der Waals surface area contributed by atoms with Crippen molar-refractivity contribution in [2.75, 3.05) is 20.3 Å². The van der Waals surface area contributed by atoms with Gasteiger partial charge < -0.3 is 9.64 Å². The molecule has 4 nitrogen and oxygen atoms in total. The fourth-order valence-corrected chi connectivity index (χ4v) is 3.94.